The highest BCUT2D eigenvalue weighted by atomic mass is 79.9. The van der Waals surface area contributed by atoms with E-state index in [-0.39, 0.29) is 0 Å². The Morgan fingerprint density at radius 3 is 2.79 bits per heavy atom. The second-order valence-corrected chi connectivity index (χ2v) is 5.80. The molecule has 1 unspecified atom stereocenters. The van der Waals surface area contributed by atoms with Crippen LogP contribution in [0.3, 0.4) is 0 Å². The van der Waals surface area contributed by atoms with E-state index in [2.05, 4.69) is 50.0 Å². The van der Waals surface area contributed by atoms with Crippen LogP contribution in [0.15, 0.2) is 33.6 Å². The minimum absolute atomic E-state index is 0.306. The SMILES string of the molecule is CCNC(Cc1ccc(OC)nc1)c1cscc1Br. The number of rotatable bonds is 6. The highest BCUT2D eigenvalue weighted by Crippen LogP contribution is 2.29. The van der Waals surface area contributed by atoms with Crippen LogP contribution in [0.25, 0.3) is 0 Å². The number of nitrogens with one attached hydrogen (secondary N) is 1. The van der Waals surface area contributed by atoms with Gasteiger partial charge in [0.25, 0.3) is 0 Å². The summed E-state index contributed by atoms with van der Waals surface area (Å²) in [5.74, 6) is 0.653. The highest BCUT2D eigenvalue weighted by Gasteiger charge is 2.15. The quantitative estimate of drug-likeness (QED) is 0.868. The molecule has 2 aromatic rings. The van der Waals surface area contributed by atoms with E-state index in [1.165, 1.54) is 15.6 Å². The van der Waals surface area contributed by atoms with E-state index in [1.54, 1.807) is 18.4 Å². The Balaban J connectivity index is 2.14. The van der Waals surface area contributed by atoms with E-state index >= 15 is 0 Å². The summed E-state index contributed by atoms with van der Waals surface area (Å²) >= 11 is 5.32. The lowest BCUT2D eigenvalue weighted by molar-refractivity contribution is 0.397. The van der Waals surface area contributed by atoms with Crippen LogP contribution in [-0.2, 0) is 6.42 Å². The molecule has 1 atom stereocenters. The maximum atomic E-state index is 5.08. The zero-order chi connectivity index (χ0) is 13.7. The fraction of sp³-hybridized carbons (Fsp3) is 0.357. The molecule has 0 spiro atoms. The normalized spacial score (nSPS) is 12.4. The van der Waals surface area contributed by atoms with E-state index in [0.717, 1.165) is 13.0 Å². The molecule has 102 valence electrons. The van der Waals surface area contributed by atoms with Crippen molar-refractivity contribution in [2.24, 2.45) is 0 Å². The van der Waals surface area contributed by atoms with Gasteiger partial charge in [0.1, 0.15) is 0 Å². The van der Waals surface area contributed by atoms with Gasteiger partial charge in [0.05, 0.1) is 7.11 Å². The monoisotopic (exact) mass is 340 g/mol. The van der Waals surface area contributed by atoms with Crippen LogP contribution in [0.2, 0.25) is 0 Å². The van der Waals surface area contributed by atoms with Crippen molar-refractivity contribution in [3.63, 3.8) is 0 Å². The van der Waals surface area contributed by atoms with Crippen molar-refractivity contribution >= 4 is 27.3 Å². The number of thiophene rings is 1. The fourth-order valence-electron chi connectivity index (χ4n) is 1.97. The van der Waals surface area contributed by atoms with Gasteiger partial charge in [0.15, 0.2) is 0 Å². The predicted molar refractivity (Wildman–Crippen MR) is 82.9 cm³/mol. The second-order valence-electron chi connectivity index (χ2n) is 4.20. The summed E-state index contributed by atoms with van der Waals surface area (Å²) < 4.78 is 6.25. The second kappa shape index (κ2) is 7.03. The molecule has 1 N–H and O–H groups in total. The lowest BCUT2D eigenvalue weighted by Crippen LogP contribution is -2.22. The number of halogens is 1. The molecule has 0 aliphatic rings. The first kappa shape index (κ1) is 14.5. The molecule has 0 radical (unpaired) electrons. The van der Waals surface area contributed by atoms with E-state index in [0.29, 0.717) is 11.9 Å². The van der Waals surface area contributed by atoms with Gasteiger partial charge in [-0.3, -0.25) is 0 Å². The van der Waals surface area contributed by atoms with Gasteiger partial charge in [-0.25, -0.2) is 4.98 Å². The average Bonchev–Trinajstić information content (AvgIpc) is 2.85. The van der Waals surface area contributed by atoms with Gasteiger partial charge < -0.3 is 10.1 Å². The fourth-order valence-corrected chi connectivity index (χ4v) is 3.59. The Labute approximate surface area is 126 Å². The molecule has 0 bridgehead atoms. The standard InChI is InChI=1S/C14H17BrN2OS/c1-3-16-13(11-8-19-9-12(11)15)6-10-4-5-14(18-2)17-7-10/h4-5,7-9,13,16H,3,6H2,1-2H3. The van der Waals surface area contributed by atoms with Crippen molar-refractivity contribution in [3.8, 4) is 5.88 Å². The van der Waals surface area contributed by atoms with Gasteiger partial charge in [-0.05, 0) is 45.4 Å². The maximum absolute atomic E-state index is 5.08. The van der Waals surface area contributed by atoms with Gasteiger partial charge in [0.2, 0.25) is 5.88 Å². The van der Waals surface area contributed by atoms with E-state index in [1.807, 2.05) is 12.3 Å². The van der Waals surface area contributed by atoms with E-state index in [9.17, 15) is 0 Å². The molecular formula is C14H17BrN2OS. The molecule has 2 rings (SSSR count). The minimum Gasteiger partial charge on any atom is -0.481 e. The van der Waals surface area contributed by atoms with Crippen LogP contribution in [0.1, 0.15) is 24.1 Å². The van der Waals surface area contributed by atoms with Crippen molar-refractivity contribution in [2.75, 3.05) is 13.7 Å². The first-order valence-electron chi connectivity index (χ1n) is 6.18. The van der Waals surface area contributed by atoms with Gasteiger partial charge >= 0.3 is 0 Å². The van der Waals surface area contributed by atoms with E-state index in [4.69, 9.17) is 4.74 Å². The molecule has 0 fully saturated rings. The zero-order valence-electron chi connectivity index (χ0n) is 11.0. The molecule has 0 aliphatic heterocycles. The average molecular weight is 341 g/mol. The highest BCUT2D eigenvalue weighted by molar-refractivity contribution is 9.10. The number of aromatic nitrogens is 1. The predicted octanol–water partition coefficient (Wildman–Crippen LogP) is 3.81. The van der Waals surface area contributed by atoms with Crippen LogP contribution >= 0.6 is 27.3 Å². The van der Waals surface area contributed by atoms with Crippen molar-refractivity contribution in [2.45, 2.75) is 19.4 Å². The number of likely N-dealkylation sites (N-methyl/N-ethyl adjacent to an activating group) is 1. The molecule has 0 aromatic carbocycles. The Morgan fingerprint density at radius 2 is 2.26 bits per heavy atom. The smallest absolute Gasteiger partial charge is 0.212 e. The maximum Gasteiger partial charge on any atom is 0.212 e. The molecule has 2 aromatic heterocycles. The number of hydrogen-bond acceptors (Lipinski definition) is 4. The number of nitrogens with zero attached hydrogens (tertiary/aromatic N) is 1. The lowest BCUT2D eigenvalue weighted by atomic mass is 10.0. The number of ether oxygens (including phenoxy) is 1. The van der Waals surface area contributed by atoms with Crippen molar-refractivity contribution in [1.82, 2.24) is 10.3 Å². The Morgan fingerprint density at radius 1 is 1.42 bits per heavy atom. The van der Waals surface area contributed by atoms with Crippen molar-refractivity contribution < 1.29 is 4.74 Å². The molecule has 3 nitrogen and oxygen atoms in total. The van der Waals surface area contributed by atoms with Gasteiger partial charge in [-0.15, -0.1) is 0 Å². The zero-order valence-corrected chi connectivity index (χ0v) is 13.4. The summed E-state index contributed by atoms with van der Waals surface area (Å²) in [7, 11) is 1.63. The van der Waals surface area contributed by atoms with Crippen molar-refractivity contribution in [3.05, 3.63) is 44.7 Å². The van der Waals surface area contributed by atoms with E-state index < -0.39 is 0 Å². The molecule has 2 heterocycles. The summed E-state index contributed by atoms with van der Waals surface area (Å²) in [6, 6.07) is 4.28. The van der Waals surface area contributed by atoms with Crippen LogP contribution in [0.4, 0.5) is 0 Å². The number of hydrogen-bond donors (Lipinski definition) is 1. The lowest BCUT2D eigenvalue weighted by Gasteiger charge is -2.17. The molecule has 19 heavy (non-hydrogen) atoms. The van der Waals surface area contributed by atoms with Crippen LogP contribution < -0.4 is 10.1 Å². The van der Waals surface area contributed by atoms with Gasteiger partial charge in [0, 0.05) is 28.2 Å². The Bertz CT molecular complexity index is 512. The summed E-state index contributed by atoms with van der Waals surface area (Å²) in [6.07, 6.45) is 2.80. The van der Waals surface area contributed by atoms with Crippen LogP contribution in [0.5, 0.6) is 5.88 Å². The largest absolute Gasteiger partial charge is 0.481 e. The Hall–Kier alpha value is -0.910. The first-order chi connectivity index (χ1) is 9.24. The van der Waals surface area contributed by atoms with Gasteiger partial charge in [-0.1, -0.05) is 13.0 Å². The summed E-state index contributed by atoms with van der Waals surface area (Å²) in [5.41, 5.74) is 2.51. The van der Waals surface area contributed by atoms with Crippen molar-refractivity contribution in [1.29, 1.82) is 0 Å². The molecular weight excluding hydrogens is 324 g/mol. The third kappa shape index (κ3) is 3.78. The number of pyridine rings is 1. The van der Waals surface area contributed by atoms with Crippen LogP contribution in [-0.4, -0.2) is 18.6 Å². The summed E-state index contributed by atoms with van der Waals surface area (Å²) in [4.78, 5) is 4.25. The Kier molecular flexibility index (Phi) is 5.36. The van der Waals surface area contributed by atoms with Gasteiger partial charge in [-0.2, -0.15) is 11.3 Å². The first-order valence-corrected chi connectivity index (χ1v) is 7.92. The summed E-state index contributed by atoms with van der Waals surface area (Å²) in [5, 5.41) is 7.83. The third-order valence-electron chi connectivity index (χ3n) is 2.91. The minimum atomic E-state index is 0.306. The third-order valence-corrected chi connectivity index (χ3v) is 4.67. The molecule has 0 amide bonds. The molecule has 0 saturated carbocycles. The molecule has 0 aliphatic carbocycles. The summed E-state index contributed by atoms with van der Waals surface area (Å²) in [6.45, 7) is 3.07. The van der Waals surface area contributed by atoms with Crippen LogP contribution in [0, 0.1) is 0 Å². The number of methoxy groups -OCH3 is 1. The molecule has 5 heteroatoms. The molecule has 0 saturated heterocycles. The topological polar surface area (TPSA) is 34.1 Å².